The Hall–Kier alpha value is -4.38. The minimum Gasteiger partial charge on any atom is -0.493 e. The summed E-state index contributed by atoms with van der Waals surface area (Å²) in [4.78, 5) is 21.2. The first kappa shape index (κ1) is 28.2. The van der Waals surface area contributed by atoms with E-state index in [2.05, 4.69) is 25.9 Å². The first-order valence-electron chi connectivity index (χ1n) is 11.9. The van der Waals surface area contributed by atoms with Gasteiger partial charge in [-0.1, -0.05) is 26.8 Å². The highest BCUT2D eigenvalue weighted by atomic mass is 16.5. The van der Waals surface area contributed by atoms with Crippen molar-refractivity contribution in [3.8, 4) is 23.1 Å². The molecular weight excluding hydrogens is 488 g/mol. The fraction of sp³-hybridized carbons (Fsp3) is 0.333. The van der Waals surface area contributed by atoms with Crippen molar-refractivity contribution in [3.63, 3.8) is 0 Å². The van der Waals surface area contributed by atoms with Gasteiger partial charge >= 0.3 is 6.03 Å². The number of hydrogen-bond donors (Lipinski definition) is 4. The Morgan fingerprint density at radius 2 is 1.87 bits per heavy atom. The number of amides is 2. The maximum atomic E-state index is 12.6. The first-order valence-corrected chi connectivity index (χ1v) is 11.9. The number of methoxy groups -OCH3 is 2. The molecule has 0 fully saturated rings. The summed E-state index contributed by atoms with van der Waals surface area (Å²) >= 11 is 0. The van der Waals surface area contributed by atoms with Gasteiger partial charge in [0.1, 0.15) is 24.5 Å². The average Bonchev–Trinajstić information content (AvgIpc) is 2.87. The van der Waals surface area contributed by atoms with Gasteiger partial charge in [-0.3, -0.25) is 5.32 Å². The van der Waals surface area contributed by atoms with Crippen molar-refractivity contribution in [3.05, 3.63) is 54.6 Å². The number of hydrogen-bond acceptors (Lipinski definition) is 9. The zero-order valence-electron chi connectivity index (χ0n) is 22.5. The van der Waals surface area contributed by atoms with E-state index in [1.54, 1.807) is 63.7 Å². The van der Waals surface area contributed by atoms with E-state index in [1.807, 2.05) is 20.8 Å². The van der Waals surface area contributed by atoms with Gasteiger partial charge in [-0.25, -0.2) is 14.8 Å². The third-order valence-corrected chi connectivity index (χ3v) is 5.35. The van der Waals surface area contributed by atoms with Gasteiger partial charge in [0.15, 0.2) is 11.5 Å². The van der Waals surface area contributed by atoms with Crippen LogP contribution in [-0.4, -0.2) is 56.2 Å². The smallest absolute Gasteiger partial charge is 0.324 e. The van der Waals surface area contributed by atoms with Crippen molar-refractivity contribution in [2.24, 2.45) is 5.41 Å². The van der Waals surface area contributed by atoms with Crippen molar-refractivity contribution >= 4 is 28.3 Å². The number of fused-ring (bicyclic) bond motifs is 1. The molecule has 11 nitrogen and oxygen atoms in total. The quantitative estimate of drug-likeness (QED) is 0.210. The summed E-state index contributed by atoms with van der Waals surface area (Å²) in [5.74, 6) is 2.22. The molecule has 4 N–H and O–H groups in total. The summed E-state index contributed by atoms with van der Waals surface area (Å²) in [5, 5.41) is 17.2. The fourth-order valence-electron chi connectivity index (χ4n) is 3.19. The van der Waals surface area contributed by atoms with E-state index in [4.69, 9.17) is 24.4 Å². The predicted molar refractivity (Wildman–Crippen MR) is 146 cm³/mol. The van der Waals surface area contributed by atoms with Crippen LogP contribution in [0.2, 0.25) is 0 Å². The summed E-state index contributed by atoms with van der Waals surface area (Å²) in [7, 11) is 4.83. The van der Waals surface area contributed by atoms with Crippen LogP contribution in [0.4, 0.5) is 10.5 Å². The van der Waals surface area contributed by atoms with Crippen molar-refractivity contribution in [1.29, 1.82) is 5.41 Å². The van der Waals surface area contributed by atoms with Crippen molar-refractivity contribution in [2.75, 3.05) is 39.8 Å². The van der Waals surface area contributed by atoms with Crippen LogP contribution >= 0.6 is 0 Å². The Kier molecular flexibility index (Phi) is 9.44. The van der Waals surface area contributed by atoms with Crippen molar-refractivity contribution < 1.29 is 23.7 Å². The Bertz CT molecular complexity index is 1320. The Morgan fingerprint density at radius 1 is 1.08 bits per heavy atom. The molecule has 0 spiro atoms. The largest absolute Gasteiger partial charge is 0.493 e. The summed E-state index contributed by atoms with van der Waals surface area (Å²) in [6, 6.07) is 9.95. The second-order valence-electron chi connectivity index (χ2n) is 9.22. The lowest BCUT2D eigenvalue weighted by atomic mass is 9.90. The molecule has 1 aromatic heterocycles. The number of carbonyl (C=O) groups is 1. The van der Waals surface area contributed by atoms with E-state index in [1.165, 1.54) is 6.33 Å². The zero-order chi connectivity index (χ0) is 27.7. The molecule has 202 valence electrons. The average molecular weight is 523 g/mol. The number of nitrogens with zero attached hydrogens (tertiary/aromatic N) is 2. The van der Waals surface area contributed by atoms with E-state index in [9.17, 15) is 4.79 Å². The van der Waals surface area contributed by atoms with Crippen LogP contribution in [0, 0.1) is 10.8 Å². The maximum absolute atomic E-state index is 12.6. The summed E-state index contributed by atoms with van der Waals surface area (Å²) in [5.41, 5.74) is 1.15. The SMILES string of the molecule is CN/C(=C\C(=N)C(C)(C)C)NC(=O)Nc1cccc(Oc2ncnc3cc(OCCOC)c(OC)cc23)c1. The summed E-state index contributed by atoms with van der Waals surface area (Å²) < 4.78 is 22.3. The summed E-state index contributed by atoms with van der Waals surface area (Å²) in [6.07, 6.45) is 2.99. The third kappa shape index (κ3) is 7.56. The van der Waals surface area contributed by atoms with E-state index >= 15 is 0 Å². The number of nitrogens with one attached hydrogen (secondary N) is 4. The Labute approximate surface area is 222 Å². The maximum Gasteiger partial charge on any atom is 0.324 e. The molecule has 3 aromatic rings. The Balaban J connectivity index is 1.77. The standard InChI is InChI=1S/C27H34N6O5/c1-27(2,3)23(28)15-24(29-4)33-26(34)32-17-8-7-9-18(12-17)38-25-19-13-21(36-6)22(37-11-10-35-5)14-20(19)30-16-31-25/h7-9,12-16,28-29H,10-11H2,1-6H3,(H2,32,33,34)/b24-15+,28-23?. The molecule has 0 radical (unpaired) electrons. The van der Waals surface area contributed by atoms with Gasteiger partial charge in [0.2, 0.25) is 5.88 Å². The molecule has 0 bridgehead atoms. The molecule has 11 heteroatoms. The highest BCUT2D eigenvalue weighted by molar-refractivity contribution is 5.98. The topological polar surface area (TPSA) is 140 Å². The molecule has 38 heavy (non-hydrogen) atoms. The molecule has 1 heterocycles. The van der Waals surface area contributed by atoms with Gasteiger partial charge in [0.05, 0.1) is 24.6 Å². The van der Waals surface area contributed by atoms with E-state index in [0.29, 0.717) is 64.5 Å². The predicted octanol–water partition coefficient (Wildman–Crippen LogP) is 4.70. The van der Waals surface area contributed by atoms with Crippen LogP contribution in [0.5, 0.6) is 23.1 Å². The van der Waals surface area contributed by atoms with Crippen molar-refractivity contribution in [1.82, 2.24) is 20.6 Å². The normalized spacial score (nSPS) is 11.6. The second-order valence-corrected chi connectivity index (χ2v) is 9.22. The van der Waals surface area contributed by atoms with Crippen LogP contribution in [0.3, 0.4) is 0 Å². The molecule has 3 rings (SSSR count). The molecule has 2 amide bonds. The van der Waals surface area contributed by atoms with Crippen LogP contribution in [0.15, 0.2) is 54.6 Å². The molecule has 0 unspecified atom stereocenters. The number of aromatic nitrogens is 2. The molecule has 0 aliphatic rings. The second kappa shape index (κ2) is 12.7. The third-order valence-electron chi connectivity index (χ3n) is 5.35. The first-order chi connectivity index (χ1) is 18.1. The van der Waals surface area contributed by atoms with Gasteiger partial charge in [-0.15, -0.1) is 0 Å². The lowest BCUT2D eigenvalue weighted by Crippen LogP contribution is -2.34. The lowest BCUT2D eigenvalue weighted by molar-refractivity contribution is 0.144. The van der Waals surface area contributed by atoms with Crippen LogP contribution in [0.1, 0.15) is 20.8 Å². The van der Waals surface area contributed by atoms with E-state index in [0.717, 1.165) is 0 Å². The number of urea groups is 1. The van der Waals surface area contributed by atoms with Gasteiger partial charge < -0.3 is 35.0 Å². The minimum atomic E-state index is -0.470. The number of anilines is 1. The molecule has 0 atom stereocenters. The molecule has 0 aliphatic carbocycles. The number of ether oxygens (including phenoxy) is 4. The van der Waals surface area contributed by atoms with Gasteiger partial charge in [-0.05, 0) is 24.3 Å². The number of allylic oxidation sites excluding steroid dienone is 1. The van der Waals surface area contributed by atoms with E-state index in [-0.39, 0.29) is 5.41 Å². The van der Waals surface area contributed by atoms with Gasteiger partial charge in [0, 0.05) is 43.1 Å². The van der Waals surface area contributed by atoms with Crippen LogP contribution in [-0.2, 0) is 4.74 Å². The van der Waals surface area contributed by atoms with Crippen LogP contribution in [0.25, 0.3) is 10.9 Å². The molecule has 0 saturated carbocycles. The highest BCUT2D eigenvalue weighted by Crippen LogP contribution is 2.36. The van der Waals surface area contributed by atoms with E-state index < -0.39 is 6.03 Å². The monoisotopic (exact) mass is 522 g/mol. The molecule has 0 aliphatic heterocycles. The number of benzene rings is 2. The lowest BCUT2D eigenvalue weighted by Gasteiger charge is -2.18. The van der Waals surface area contributed by atoms with Crippen molar-refractivity contribution in [2.45, 2.75) is 20.8 Å². The highest BCUT2D eigenvalue weighted by Gasteiger charge is 2.17. The zero-order valence-corrected chi connectivity index (χ0v) is 22.5. The molecule has 0 saturated heterocycles. The summed E-state index contributed by atoms with van der Waals surface area (Å²) in [6.45, 7) is 6.59. The fourth-order valence-corrected chi connectivity index (χ4v) is 3.19. The number of carbonyl (C=O) groups excluding carboxylic acids is 1. The van der Waals surface area contributed by atoms with Gasteiger partial charge in [-0.2, -0.15) is 0 Å². The minimum absolute atomic E-state index is 0.319. The number of rotatable bonds is 11. The molecular formula is C27H34N6O5. The van der Waals surface area contributed by atoms with Gasteiger partial charge in [0.25, 0.3) is 0 Å². The molecule has 2 aromatic carbocycles. The Morgan fingerprint density at radius 3 is 2.55 bits per heavy atom. The van der Waals surface area contributed by atoms with Crippen LogP contribution < -0.4 is 30.2 Å².